The van der Waals surface area contributed by atoms with Gasteiger partial charge in [-0.3, -0.25) is 0 Å². The van der Waals surface area contributed by atoms with Crippen molar-refractivity contribution in [2.75, 3.05) is 0 Å². The molecule has 0 aliphatic carbocycles. The summed E-state index contributed by atoms with van der Waals surface area (Å²) in [5.41, 5.74) is 2.29. The molecule has 8 heteroatoms. The number of fused-ring (bicyclic) bond motifs is 1. The fraction of sp³-hybridized carbons (Fsp3) is 0.182. The molecule has 1 aliphatic heterocycles. The molecule has 0 aromatic heterocycles. The summed E-state index contributed by atoms with van der Waals surface area (Å²) >= 11 is 12.6. The fourth-order valence-corrected chi connectivity index (χ4v) is 4.95. The zero-order valence-electron chi connectivity index (χ0n) is 15.9. The summed E-state index contributed by atoms with van der Waals surface area (Å²) in [6.45, 7) is 1.86. The van der Waals surface area contributed by atoms with E-state index in [-0.39, 0.29) is 11.3 Å². The van der Waals surface area contributed by atoms with E-state index in [0.717, 1.165) is 5.56 Å². The summed E-state index contributed by atoms with van der Waals surface area (Å²) in [6, 6.07) is 13.9. The average Bonchev–Trinajstić information content (AvgIpc) is 2.68. The van der Waals surface area contributed by atoms with E-state index in [1.165, 1.54) is 24.3 Å². The topological polar surface area (TPSA) is 52.6 Å². The second-order valence-corrected chi connectivity index (χ2v) is 9.37. The Bertz CT molecular complexity index is 1190. The Kier molecular flexibility index (Phi) is 5.77. The van der Waals surface area contributed by atoms with Gasteiger partial charge < -0.3 is 4.74 Å². The minimum atomic E-state index is -4.03. The molecule has 3 aromatic carbocycles. The van der Waals surface area contributed by atoms with E-state index in [1.54, 1.807) is 30.3 Å². The molecule has 0 fully saturated rings. The second kappa shape index (κ2) is 8.19. The van der Waals surface area contributed by atoms with Crippen LogP contribution in [0.15, 0.2) is 59.5 Å². The number of hydrogen-bond acceptors (Lipinski definition) is 4. The summed E-state index contributed by atoms with van der Waals surface area (Å²) in [4.78, 5) is 0.0379. The van der Waals surface area contributed by atoms with Crippen molar-refractivity contribution in [3.05, 3.63) is 81.6 Å². The number of halogens is 3. The van der Waals surface area contributed by atoms with Gasteiger partial charge in [-0.2, -0.15) is 8.42 Å². The van der Waals surface area contributed by atoms with Crippen LogP contribution in [0.5, 0.6) is 5.75 Å². The van der Waals surface area contributed by atoms with Crippen LogP contribution < -0.4 is 4.74 Å². The lowest BCUT2D eigenvalue weighted by Gasteiger charge is -2.28. The molecule has 4 rings (SSSR count). The van der Waals surface area contributed by atoms with Gasteiger partial charge in [-0.25, -0.2) is 8.57 Å². The first kappa shape index (κ1) is 21.1. The minimum absolute atomic E-state index is 0.0379. The lowest BCUT2D eigenvalue weighted by atomic mass is 9.97. The lowest BCUT2D eigenvalue weighted by Crippen LogP contribution is -2.29. The minimum Gasteiger partial charge on any atom is -0.463 e. The third-order valence-electron chi connectivity index (χ3n) is 4.81. The molecule has 0 radical (unpaired) electrons. The van der Waals surface area contributed by atoms with Gasteiger partial charge in [-0.15, -0.1) is 0 Å². The average molecular weight is 467 g/mol. The molecule has 0 amide bonds. The third-order valence-corrected chi connectivity index (χ3v) is 6.75. The highest BCUT2D eigenvalue weighted by Gasteiger charge is 2.30. The predicted molar refractivity (Wildman–Crippen MR) is 114 cm³/mol. The van der Waals surface area contributed by atoms with Crippen molar-refractivity contribution in [2.45, 2.75) is 31.0 Å². The molecule has 1 aliphatic rings. The summed E-state index contributed by atoms with van der Waals surface area (Å²) in [5, 5.41) is 0.656. The number of hydrogen-bond donors (Lipinski definition) is 0. The monoisotopic (exact) mass is 466 g/mol. The summed E-state index contributed by atoms with van der Waals surface area (Å²) < 4.78 is 50.7. The van der Waals surface area contributed by atoms with E-state index in [0.29, 0.717) is 38.9 Å². The first-order valence-electron chi connectivity index (χ1n) is 9.18. The van der Waals surface area contributed by atoms with E-state index in [1.807, 2.05) is 6.92 Å². The molecule has 0 saturated carbocycles. The maximum atomic E-state index is 14.3. The number of rotatable bonds is 4. The Morgan fingerprint density at radius 2 is 1.73 bits per heavy atom. The molecule has 0 saturated heterocycles. The van der Waals surface area contributed by atoms with Gasteiger partial charge in [0.05, 0.1) is 14.9 Å². The summed E-state index contributed by atoms with van der Waals surface area (Å²) in [7, 11) is -4.03. The molecule has 0 spiro atoms. The zero-order valence-corrected chi connectivity index (χ0v) is 18.2. The number of ether oxygens (including phenoxy) is 1. The second-order valence-electron chi connectivity index (χ2n) is 6.99. The maximum absolute atomic E-state index is 14.3. The van der Waals surface area contributed by atoms with Crippen LogP contribution >= 0.6 is 23.2 Å². The summed E-state index contributed by atoms with van der Waals surface area (Å²) in [6.07, 6.45) is -0.442. The maximum Gasteiger partial charge on any atom is 0.300 e. The highest BCUT2D eigenvalue weighted by Crippen LogP contribution is 2.44. The van der Waals surface area contributed by atoms with Crippen LogP contribution in [-0.2, 0) is 20.7 Å². The predicted octanol–water partition coefficient (Wildman–Crippen LogP) is 6.16. The molecule has 30 heavy (non-hydrogen) atoms. The Hall–Kier alpha value is -2.12. The number of aryl methyl sites for hydroxylation is 2. The van der Waals surface area contributed by atoms with Crippen molar-refractivity contribution < 1.29 is 21.7 Å². The van der Waals surface area contributed by atoms with Crippen molar-refractivity contribution in [3.63, 3.8) is 0 Å². The van der Waals surface area contributed by atoms with E-state index < -0.39 is 22.2 Å². The summed E-state index contributed by atoms with van der Waals surface area (Å²) in [5.74, 6) is -0.156. The van der Waals surface area contributed by atoms with Crippen molar-refractivity contribution in [1.82, 2.24) is 0 Å². The van der Waals surface area contributed by atoms with Gasteiger partial charge in [0, 0.05) is 17.5 Å². The lowest BCUT2D eigenvalue weighted by molar-refractivity contribution is -0.00409. The van der Waals surface area contributed by atoms with Gasteiger partial charge in [0.15, 0.2) is 0 Å². The largest absolute Gasteiger partial charge is 0.463 e. The van der Waals surface area contributed by atoms with E-state index in [4.69, 9.17) is 32.1 Å². The van der Waals surface area contributed by atoms with Crippen LogP contribution in [0.25, 0.3) is 11.1 Å². The van der Waals surface area contributed by atoms with Gasteiger partial charge in [-0.1, -0.05) is 47.0 Å². The highest BCUT2D eigenvalue weighted by atomic mass is 35.5. The van der Waals surface area contributed by atoms with Gasteiger partial charge in [-0.05, 0) is 55.3 Å². The molecule has 1 heterocycles. The van der Waals surface area contributed by atoms with Crippen LogP contribution in [0, 0.1) is 12.7 Å². The van der Waals surface area contributed by atoms with Crippen molar-refractivity contribution >= 4 is 33.3 Å². The van der Waals surface area contributed by atoms with Crippen molar-refractivity contribution in [3.8, 4) is 16.9 Å². The zero-order chi connectivity index (χ0) is 21.5. The molecule has 0 unspecified atom stereocenters. The Morgan fingerprint density at radius 3 is 2.40 bits per heavy atom. The third kappa shape index (κ3) is 4.18. The van der Waals surface area contributed by atoms with Crippen molar-refractivity contribution in [2.24, 2.45) is 0 Å². The van der Waals surface area contributed by atoms with Gasteiger partial charge in [0.2, 0.25) is 6.29 Å². The quantitative estimate of drug-likeness (QED) is 0.431. The molecular weight excluding hydrogens is 450 g/mol. The smallest absolute Gasteiger partial charge is 0.300 e. The van der Waals surface area contributed by atoms with E-state index in [9.17, 15) is 12.8 Å². The van der Waals surface area contributed by atoms with Crippen LogP contribution in [0.2, 0.25) is 10.0 Å². The Morgan fingerprint density at radius 1 is 1.07 bits per heavy atom. The van der Waals surface area contributed by atoms with Crippen molar-refractivity contribution in [1.29, 1.82) is 0 Å². The molecule has 4 nitrogen and oxygen atoms in total. The standard InChI is InChI=1S/C22H17Cl2FO4S/c1-13-5-8-16(9-6-13)30(26,27)29-20-10-7-14-11-15(25)12-17(22(14)28-20)21-18(23)3-2-4-19(21)24/h2-6,8-9,11-12,20H,7,10H2,1H3/t20-/m1/s1. The highest BCUT2D eigenvalue weighted by molar-refractivity contribution is 7.86. The van der Waals surface area contributed by atoms with Crippen LogP contribution in [0.1, 0.15) is 17.5 Å². The number of benzene rings is 3. The first-order chi connectivity index (χ1) is 14.2. The van der Waals surface area contributed by atoms with Gasteiger partial charge in [0.1, 0.15) is 11.6 Å². The van der Waals surface area contributed by atoms with E-state index in [2.05, 4.69) is 0 Å². The molecular formula is C22H17Cl2FO4S. The first-order valence-corrected chi connectivity index (χ1v) is 11.3. The normalized spacial score (nSPS) is 16.1. The van der Waals surface area contributed by atoms with Crippen LogP contribution in [0.3, 0.4) is 0 Å². The Labute approximate surface area is 184 Å². The Balaban J connectivity index is 1.69. The SMILES string of the molecule is Cc1ccc(S(=O)(=O)O[C@@H]2CCc3cc(F)cc(-c4c(Cl)cccc4Cl)c3O2)cc1. The molecule has 1 atom stereocenters. The van der Waals surface area contributed by atoms with Crippen LogP contribution in [-0.4, -0.2) is 14.7 Å². The van der Waals surface area contributed by atoms with E-state index >= 15 is 0 Å². The molecule has 3 aromatic rings. The molecule has 156 valence electrons. The fourth-order valence-electron chi connectivity index (χ4n) is 3.35. The molecule has 0 N–H and O–H groups in total. The van der Waals surface area contributed by atoms with Gasteiger partial charge >= 0.3 is 0 Å². The van der Waals surface area contributed by atoms with Gasteiger partial charge in [0.25, 0.3) is 10.1 Å². The molecule has 0 bridgehead atoms. The van der Waals surface area contributed by atoms with Crippen LogP contribution in [0.4, 0.5) is 4.39 Å².